The maximum Gasteiger partial charge on any atom is 0.260 e. The van der Waals surface area contributed by atoms with Gasteiger partial charge in [0.1, 0.15) is 22.9 Å². The lowest BCUT2D eigenvalue weighted by Gasteiger charge is -2.23. The van der Waals surface area contributed by atoms with Crippen LogP contribution in [-0.4, -0.2) is 25.7 Å². The van der Waals surface area contributed by atoms with Gasteiger partial charge in [-0.1, -0.05) is 36.4 Å². The molecule has 0 fully saturated rings. The van der Waals surface area contributed by atoms with Crippen LogP contribution in [-0.2, 0) is 9.53 Å². The largest absolute Gasteiger partial charge is 0.497 e. The SMILES string of the molecule is COc1ccc(C2=C/C(=C3\C(=O)Nc4cc(-c5ccc(OC)cc5)ccc43)OC2(C)C)cc1. The number of amides is 1. The van der Waals surface area contributed by atoms with E-state index in [1.165, 1.54) is 0 Å². The Morgan fingerprint density at radius 2 is 1.36 bits per heavy atom. The highest BCUT2D eigenvalue weighted by Gasteiger charge is 2.38. The Morgan fingerprint density at radius 1 is 0.788 bits per heavy atom. The molecule has 5 rings (SSSR count). The number of hydrogen-bond donors (Lipinski definition) is 1. The van der Waals surface area contributed by atoms with E-state index in [0.29, 0.717) is 11.3 Å². The molecule has 2 heterocycles. The monoisotopic (exact) mass is 439 g/mol. The summed E-state index contributed by atoms with van der Waals surface area (Å²) in [5.74, 6) is 2.03. The van der Waals surface area contributed by atoms with Crippen LogP contribution in [0.4, 0.5) is 5.69 Å². The lowest BCUT2D eigenvalue weighted by atomic mass is 9.92. The number of carbonyl (C=O) groups excluding carboxylic acids is 1. The van der Waals surface area contributed by atoms with Gasteiger partial charge in [0.25, 0.3) is 5.91 Å². The van der Waals surface area contributed by atoms with Gasteiger partial charge in [-0.25, -0.2) is 0 Å². The van der Waals surface area contributed by atoms with E-state index in [1.54, 1.807) is 14.2 Å². The summed E-state index contributed by atoms with van der Waals surface area (Å²) < 4.78 is 16.8. The average molecular weight is 440 g/mol. The molecule has 0 aliphatic carbocycles. The number of nitrogens with one attached hydrogen (secondary N) is 1. The van der Waals surface area contributed by atoms with Crippen LogP contribution in [0, 0.1) is 0 Å². The molecule has 0 bridgehead atoms. The van der Waals surface area contributed by atoms with Crippen molar-refractivity contribution in [3.05, 3.63) is 89.7 Å². The molecule has 0 spiro atoms. The molecule has 2 aliphatic heterocycles. The third-order valence-corrected chi connectivity index (χ3v) is 6.12. The van der Waals surface area contributed by atoms with Crippen LogP contribution in [0.25, 0.3) is 22.3 Å². The maximum atomic E-state index is 13.0. The van der Waals surface area contributed by atoms with Gasteiger partial charge in [-0.3, -0.25) is 4.79 Å². The fourth-order valence-electron chi connectivity index (χ4n) is 4.37. The van der Waals surface area contributed by atoms with Gasteiger partial charge >= 0.3 is 0 Å². The summed E-state index contributed by atoms with van der Waals surface area (Å²) in [6.45, 7) is 4.02. The van der Waals surface area contributed by atoms with Crippen molar-refractivity contribution < 1.29 is 19.0 Å². The first-order valence-electron chi connectivity index (χ1n) is 10.8. The van der Waals surface area contributed by atoms with Crippen molar-refractivity contribution in [3.63, 3.8) is 0 Å². The zero-order valence-electron chi connectivity index (χ0n) is 19.1. The molecule has 0 radical (unpaired) electrons. The van der Waals surface area contributed by atoms with E-state index in [-0.39, 0.29) is 5.91 Å². The molecule has 1 amide bonds. The van der Waals surface area contributed by atoms with E-state index in [0.717, 1.165) is 45.0 Å². The van der Waals surface area contributed by atoms with E-state index < -0.39 is 5.60 Å². The molecular weight excluding hydrogens is 414 g/mol. The van der Waals surface area contributed by atoms with E-state index in [2.05, 4.69) is 5.32 Å². The molecule has 0 aromatic heterocycles. The number of carbonyl (C=O) groups is 1. The number of hydrogen-bond acceptors (Lipinski definition) is 4. The summed E-state index contributed by atoms with van der Waals surface area (Å²) >= 11 is 0. The molecular formula is C28H25NO4. The Morgan fingerprint density at radius 3 is 1.97 bits per heavy atom. The first-order chi connectivity index (χ1) is 15.9. The Hall–Kier alpha value is -3.99. The summed E-state index contributed by atoms with van der Waals surface area (Å²) in [6.07, 6.45) is 1.98. The molecule has 0 saturated carbocycles. The number of rotatable bonds is 4. The van der Waals surface area contributed by atoms with E-state index in [1.807, 2.05) is 86.7 Å². The van der Waals surface area contributed by atoms with Gasteiger partial charge in [0.05, 0.1) is 19.8 Å². The number of methoxy groups -OCH3 is 2. The topological polar surface area (TPSA) is 56.8 Å². The minimum absolute atomic E-state index is 0.157. The highest BCUT2D eigenvalue weighted by molar-refractivity contribution is 6.32. The highest BCUT2D eigenvalue weighted by atomic mass is 16.5. The Kier molecular flexibility index (Phi) is 4.97. The quantitative estimate of drug-likeness (QED) is 0.512. The lowest BCUT2D eigenvalue weighted by molar-refractivity contribution is -0.111. The maximum absolute atomic E-state index is 13.0. The summed E-state index contributed by atoms with van der Waals surface area (Å²) in [7, 11) is 3.30. The standard InChI is InChI=1S/C28H25NO4/c1-28(2)23(18-7-12-21(32-4)13-8-18)16-25(33-28)26-22-14-9-19(15-24(22)29-27(26)30)17-5-10-20(31-3)11-6-17/h5-16H,1-4H3,(H,29,30)/b26-25+. The van der Waals surface area contributed by atoms with Crippen molar-refractivity contribution in [1.82, 2.24) is 0 Å². The molecule has 5 heteroatoms. The Labute approximate surface area is 193 Å². The van der Waals surface area contributed by atoms with Crippen LogP contribution in [0.15, 0.2) is 78.6 Å². The van der Waals surface area contributed by atoms with Crippen LogP contribution in [0.3, 0.4) is 0 Å². The van der Waals surface area contributed by atoms with E-state index in [4.69, 9.17) is 14.2 Å². The second-order valence-corrected chi connectivity index (χ2v) is 8.58. The molecule has 0 saturated heterocycles. The predicted molar refractivity (Wildman–Crippen MR) is 130 cm³/mol. The second kappa shape index (κ2) is 7.85. The summed E-state index contributed by atoms with van der Waals surface area (Å²) in [5, 5.41) is 3.01. The zero-order valence-corrected chi connectivity index (χ0v) is 19.1. The van der Waals surface area contributed by atoms with Crippen LogP contribution in [0.1, 0.15) is 25.0 Å². The van der Waals surface area contributed by atoms with E-state index >= 15 is 0 Å². The number of ether oxygens (including phenoxy) is 3. The molecule has 3 aromatic rings. The van der Waals surface area contributed by atoms with Crippen molar-refractivity contribution >= 4 is 22.7 Å². The first-order valence-corrected chi connectivity index (χ1v) is 10.8. The molecule has 0 atom stereocenters. The summed E-state index contributed by atoms with van der Waals surface area (Å²) in [4.78, 5) is 13.0. The zero-order chi connectivity index (χ0) is 23.2. The number of fused-ring (bicyclic) bond motifs is 1. The molecule has 2 aliphatic rings. The first kappa shape index (κ1) is 20.9. The van der Waals surface area contributed by atoms with Crippen LogP contribution in [0.5, 0.6) is 11.5 Å². The van der Waals surface area contributed by atoms with Crippen LogP contribution >= 0.6 is 0 Å². The minimum atomic E-state index is -0.566. The van der Waals surface area contributed by atoms with Gasteiger partial charge in [-0.15, -0.1) is 0 Å². The summed E-state index contributed by atoms with van der Waals surface area (Å²) in [5.41, 5.74) is 5.73. The highest BCUT2D eigenvalue weighted by Crippen LogP contribution is 2.45. The summed E-state index contributed by atoms with van der Waals surface area (Å²) in [6, 6.07) is 21.7. The van der Waals surface area contributed by atoms with Crippen molar-refractivity contribution in [1.29, 1.82) is 0 Å². The molecule has 1 N–H and O–H groups in total. The average Bonchev–Trinajstić information content (AvgIpc) is 3.33. The van der Waals surface area contributed by atoms with Crippen molar-refractivity contribution in [2.75, 3.05) is 19.5 Å². The third kappa shape index (κ3) is 3.65. The van der Waals surface area contributed by atoms with Crippen molar-refractivity contribution in [2.24, 2.45) is 0 Å². The van der Waals surface area contributed by atoms with E-state index in [9.17, 15) is 4.79 Å². The van der Waals surface area contributed by atoms with Crippen LogP contribution < -0.4 is 14.8 Å². The normalized spacial score (nSPS) is 18.3. The van der Waals surface area contributed by atoms with Gasteiger partial charge in [0.2, 0.25) is 0 Å². The van der Waals surface area contributed by atoms with Crippen LogP contribution in [0.2, 0.25) is 0 Å². The van der Waals surface area contributed by atoms with Crippen molar-refractivity contribution in [2.45, 2.75) is 19.4 Å². The molecule has 0 unspecified atom stereocenters. The Bertz CT molecular complexity index is 1300. The van der Waals surface area contributed by atoms with Gasteiger partial charge < -0.3 is 19.5 Å². The van der Waals surface area contributed by atoms with Gasteiger partial charge in [-0.2, -0.15) is 0 Å². The number of anilines is 1. The fourth-order valence-corrected chi connectivity index (χ4v) is 4.37. The van der Waals surface area contributed by atoms with Gasteiger partial charge in [-0.05, 0) is 66.9 Å². The number of allylic oxidation sites excluding steroid dienone is 1. The molecule has 5 nitrogen and oxygen atoms in total. The number of benzene rings is 3. The smallest absolute Gasteiger partial charge is 0.260 e. The molecule has 166 valence electrons. The third-order valence-electron chi connectivity index (χ3n) is 6.12. The second-order valence-electron chi connectivity index (χ2n) is 8.58. The van der Waals surface area contributed by atoms with Crippen molar-refractivity contribution in [3.8, 4) is 22.6 Å². The Balaban J connectivity index is 1.54. The fraction of sp³-hybridized carbons (Fsp3) is 0.179. The predicted octanol–water partition coefficient (Wildman–Crippen LogP) is 5.93. The van der Waals surface area contributed by atoms with Gasteiger partial charge in [0, 0.05) is 16.8 Å². The molecule has 33 heavy (non-hydrogen) atoms. The van der Waals surface area contributed by atoms with Gasteiger partial charge in [0.15, 0.2) is 0 Å². The molecule has 3 aromatic carbocycles. The lowest BCUT2D eigenvalue weighted by Crippen LogP contribution is -2.21. The minimum Gasteiger partial charge on any atom is -0.497 e.